The van der Waals surface area contributed by atoms with Crippen LogP contribution in [-0.4, -0.2) is 5.33 Å². The van der Waals surface area contributed by atoms with E-state index in [0.717, 1.165) is 16.2 Å². The first kappa shape index (κ1) is 14.8. The molecule has 0 heterocycles. The van der Waals surface area contributed by atoms with Crippen molar-refractivity contribution < 1.29 is 0 Å². The number of alkyl halides is 1. The van der Waals surface area contributed by atoms with Gasteiger partial charge in [-0.15, -0.1) is 0 Å². The summed E-state index contributed by atoms with van der Waals surface area (Å²) in [5.41, 5.74) is 2.78. The van der Waals surface area contributed by atoms with Crippen LogP contribution in [0.15, 0.2) is 71.2 Å². The fourth-order valence-electron chi connectivity index (χ4n) is 2.76. The van der Waals surface area contributed by atoms with Gasteiger partial charge >= 0.3 is 0 Å². The van der Waals surface area contributed by atoms with Crippen LogP contribution in [0.4, 0.5) is 0 Å². The molecule has 3 rings (SSSR count). The maximum Gasteiger partial charge on any atom is 0.0178 e. The van der Waals surface area contributed by atoms with Crippen LogP contribution in [0.1, 0.15) is 17.0 Å². The van der Waals surface area contributed by atoms with Gasteiger partial charge in [-0.3, -0.25) is 0 Å². The number of hydrogen-bond acceptors (Lipinski definition) is 0. The van der Waals surface area contributed by atoms with Crippen LogP contribution >= 0.6 is 31.9 Å². The summed E-state index contributed by atoms with van der Waals surface area (Å²) in [7, 11) is 0. The molecule has 0 aliphatic heterocycles. The number of rotatable bonds is 4. The van der Waals surface area contributed by atoms with E-state index in [1.54, 1.807) is 0 Å². The normalized spacial score (nSPS) is 12.5. The first-order valence-electron chi connectivity index (χ1n) is 7.06. The van der Waals surface area contributed by atoms with Crippen molar-refractivity contribution in [1.29, 1.82) is 0 Å². The summed E-state index contributed by atoms with van der Waals surface area (Å²) in [6.07, 6.45) is 1.04. The van der Waals surface area contributed by atoms with Gasteiger partial charge in [0.15, 0.2) is 0 Å². The molecule has 106 valence electrons. The molecule has 1 atom stereocenters. The Labute approximate surface area is 142 Å². The van der Waals surface area contributed by atoms with E-state index in [1.807, 2.05) is 0 Å². The van der Waals surface area contributed by atoms with Crippen LogP contribution in [0.2, 0.25) is 0 Å². The molecule has 0 aliphatic rings. The van der Waals surface area contributed by atoms with Crippen molar-refractivity contribution in [2.24, 2.45) is 0 Å². The summed E-state index contributed by atoms with van der Waals surface area (Å²) in [6.45, 7) is 0. The van der Waals surface area contributed by atoms with E-state index in [4.69, 9.17) is 0 Å². The molecule has 0 aromatic heterocycles. The standard InChI is InChI=1S/C19H16Br2/c20-13-17(15-7-4-9-18(21)12-15)11-16-8-3-6-14-5-1-2-10-19(14)16/h1-10,12,17H,11,13H2. The monoisotopic (exact) mass is 402 g/mol. The zero-order valence-corrected chi connectivity index (χ0v) is 14.8. The molecule has 1 unspecified atom stereocenters. The highest BCUT2D eigenvalue weighted by Crippen LogP contribution is 2.28. The Morgan fingerprint density at radius 2 is 1.62 bits per heavy atom. The van der Waals surface area contributed by atoms with E-state index in [9.17, 15) is 0 Å². The summed E-state index contributed by atoms with van der Waals surface area (Å²) in [5, 5.41) is 3.64. The van der Waals surface area contributed by atoms with Gasteiger partial charge in [0.1, 0.15) is 0 Å². The van der Waals surface area contributed by atoms with Gasteiger partial charge in [-0.1, -0.05) is 86.5 Å². The smallest absolute Gasteiger partial charge is 0.0178 e. The molecule has 0 nitrogen and oxygen atoms in total. The Bertz CT molecular complexity index is 744. The van der Waals surface area contributed by atoms with Crippen LogP contribution in [0.3, 0.4) is 0 Å². The van der Waals surface area contributed by atoms with E-state index >= 15 is 0 Å². The molecule has 3 aromatic carbocycles. The zero-order valence-electron chi connectivity index (χ0n) is 11.6. The minimum absolute atomic E-state index is 0.480. The van der Waals surface area contributed by atoms with Crippen molar-refractivity contribution >= 4 is 42.6 Å². The van der Waals surface area contributed by atoms with Crippen LogP contribution in [0.25, 0.3) is 10.8 Å². The van der Waals surface area contributed by atoms with Gasteiger partial charge in [0, 0.05) is 9.80 Å². The highest BCUT2D eigenvalue weighted by Gasteiger charge is 2.13. The SMILES string of the molecule is BrCC(Cc1cccc2ccccc12)c1cccc(Br)c1. The fraction of sp³-hybridized carbons (Fsp3) is 0.158. The lowest BCUT2D eigenvalue weighted by Crippen LogP contribution is -2.05. The lowest BCUT2D eigenvalue weighted by atomic mass is 9.91. The second-order valence-electron chi connectivity index (χ2n) is 5.25. The second kappa shape index (κ2) is 6.76. The highest BCUT2D eigenvalue weighted by atomic mass is 79.9. The van der Waals surface area contributed by atoms with Crippen LogP contribution < -0.4 is 0 Å². The predicted octanol–water partition coefficient (Wildman–Crippen LogP) is 6.32. The molecule has 0 amide bonds. The van der Waals surface area contributed by atoms with Crippen LogP contribution in [0, 0.1) is 0 Å². The molecular weight excluding hydrogens is 388 g/mol. The summed E-state index contributed by atoms with van der Waals surface area (Å²) in [5.74, 6) is 0.480. The maximum atomic E-state index is 3.68. The van der Waals surface area contributed by atoms with Crippen LogP contribution in [-0.2, 0) is 6.42 Å². The summed E-state index contributed by atoms with van der Waals surface area (Å²) in [6, 6.07) is 23.8. The van der Waals surface area contributed by atoms with Crippen LogP contribution in [0.5, 0.6) is 0 Å². The number of hydrogen-bond donors (Lipinski definition) is 0. The third-order valence-corrected chi connectivity index (χ3v) is 5.13. The first-order chi connectivity index (χ1) is 10.3. The third kappa shape index (κ3) is 3.38. The van der Waals surface area contributed by atoms with Gasteiger partial charge in [0.05, 0.1) is 0 Å². The largest absolute Gasteiger partial charge is 0.0921 e. The van der Waals surface area contributed by atoms with Gasteiger partial charge in [0.2, 0.25) is 0 Å². The number of benzene rings is 3. The highest BCUT2D eigenvalue weighted by molar-refractivity contribution is 9.10. The molecule has 0 saturated heterocycles. The molecule has 21 heavy (non-hydrogen) atoms. The zero-order chi connectivity index (χ0) is 14.7. The predicted molar refractivity (Wildman–Crippen MR) is 98.3 cm³/mol. The molecule has 0 N–H and O–H groups in total. The molecule has 0 bridgehead atoms. The van der Waals surface area contributed by atoms with Gasteiger partial charge < -0.3 is 0 Å². The van der Waals surface area contributed by atoms with E-state index in [1.165, 1.54) is 21.9 Å². The molecule has 2 heteroatoms. The Morgan fingerprint density at radius 1 is 0.857 bits per heavy atom. The van der Waals surface area contributed by atoms with Crippen molar-refractivity contribution in [1.82, 2.24) is 0 Å². The van der Waals surface area contributed by atoms with Crippen molar-refractivity contribution in [3.63, 3.8) is 0 Å². The average molecular weight is 404 g/mol. The van der Waals surface area contributed by atoms with E-state index in [-0.39, 0.29) is 0 Å². The average Bonchev–Trinajstić information content (AvgIpc) is 2.52. The van der Waals surface area contributed by atoms with Crippen molar-refractivity contribution in [2.75, 3.05) is 5.33 Å². The van der Waals surface area contributed by atoms with Crippen molar-refractivity contribution in [2.45, 2.75) is 12.3 Å². The quantitative estimate of drug-likeness (QED) is 0.447. The lowest BCUT2D eigenvalue weighted by molar-refractivity contribution is 0.779. The molecular formula is C19H16Br2. The second-order valence-corrected chi connectivity index (χ2v) is 6.81. The van der Waals surface area contributed by atoms with Crippen molar-refractivity contribution in [3.8, 4) is 0 Å². The molecule has 0 aliphatic carbocycles. The number of halogens is 2. The minimum Gasteiger partial charge on any atom is -0.0921 e. The Hall–Kier alpha value is -1.12. The number of fused-ring (bicyclic) bond motifs is 1. The van der Waals surface area contributed by atoms with Gasteiger partial charge in [-0.05, 0) is 46.4 Å². The Kier molecular flexibility index (Phi) is 4.77. The first-order valence-corrected chi connectivity index (χ1v) is 8.97. The fourth-order valence-corrected chi connectivity index (χ4v) is 3.78. The van der Waals surface area contributed by atoms with E-state index in [0.29, 0.717) is 5.92 Å². The molecule has 0 saturated carbocycles. The third-order valence-electron chi connectivity index (χ3n) is 3.85. The summed E-state index contributed by atoms with van der Waals surface area (Å²) >= 11 is 7.25. The van der Waals surface area contributed by atoms with E-state index < -0.39 is 0 Å². The van der Waals surface area contributed by atoms with Gasteiger partial charge in [-0.25, -0.2) is 0 Å². The van der Waals surface area contributed by atoms with Crippen molar-refractivity contribution in [3.05, 3.63) is 82.3 Å². The lowest BCUT2D eigenvalue weighted by Gasteiger charge is -2.16. The summed E-state index contributed by atoms with van der Waals surface area (Å²) < 4.78 is 1.14. The molecule has 0 spiro atoms. The van der Waals surface area contributed by atoms with Gasteiger partial charge in [0.25, 0.3) is 0 Å². The minimum atomic E-state index is 0.480. The molecule has 3 aromatic rings. The maximum absolute atomic E-state index is 3.68. The molecule has 0 fully saturated rings. The summed E-state index contributed by atoms with van der Waals surface area (Å²) in [4.78, 5) is 0. The van der Waals surface area contributed by atoms with E-state index in [2.05, 4.69) is 98.6 Å². The van der Waals surface area contributed by atoms with Gasteiger partial charge in [-0.2, -0.15) is 0 Å². The Morgan fingerprint density at radius 3 is 2.43 bits per heavy atom. The molecule has 0 radical (unpaired) electrons. The Balaban J connectivity index is 1.96. The topological polar surface area (TPSA) is 0 Å².